The quantitative estimate of drug-likeness (QED) is 0.680. The van der Waals surface area contributed by atoms with Gasteiger partial charge in [-0.1, -0.05) is 17.7 Å². The molecule has 0 spiro atoms. The number of hydrogen-bond donors (Lipinski definition) is 1. The number of ether oxygens (including phenoxy) is 1. The van der Waals surface area contributed by atoms with Crippen molar-refractivity contribution in [3.05, 3.63) is 33.3 Å². The minimum atomic E-state index is -0.418. The summed E-state index contributed by atoms with van der Waals surface area (Å²) in [5.41, 5.74) is 0.194. The lowest BCUT2D eigenvalue weighted by atomic mass is 9.93. The Labute approximate surface area is 117 Å². The number of para-hydroxylation sites is 1. The molecule has 2 rings (SSSR count). The minimum Gasteiger partial charge on any atom is -0.375 e. The van der Waals surface area contributed by atoms with E-state index in [-0.39, 0.29) is 17.3 Å². The molecule has 1 atom stereocenters. The maximum Gasteiger partial charge on any atom is 0.293 e. The van der Waals surface area contributed by atoms with Gasteiger partial charge in [-0.25, -0.2) is 0 Å². The molecule has 0 aromatic heterocycles. The SMILES string of the molecule is CC1(C)CC(Nc2c(Cl)cccc2[N+](=O)[O-])CCO1. The maximum absolute atomic E-state index is 11.0. The Balaban J connectivity index is 2.21. The van der Waals surface area contributed by atoms with Crippen LogP contribution in [0.25, 0.3) is 0 Å². The van der Waals surface area contributed by atoms with E-state index in [9.17, 15) is 10.1 Å². The van der Waals surface area contributed by atoms with Crippen LogP contribution < -0.4 is 5.32 Å². The summed E-state index contributed by atoms with van der Waals surface area (Å²) in [4.78, 5) is 10.6. The summed E-state index contributed by atoms with van der Waals surface area (Å²) in [5.74, 6) is 0. The zero-order chi connectivity index (χ0) is 14.0. The van der Waals surface area contributed by atoms with Crippen molar-refractivity contribution < 1.29 is 9.66 Å². The molecule has 104 valence electrons. The number of hydrogen-bond acceptors (Lipinski definition) is 4. The lowest BCUT2D eigenvalue weighted by Gasteiger charge is -2.36. The number of nitro benzene ring substituents is 1. The molecular formula is C13H17ClN2O3. The molecule has 0 amide bonds. The summed E-state index contributed by atoms with van der Waals surface area (Å²) in [7, 11) is 0. The van der Waals surface area contributed by atoms with Gasteiger partial charge in [-0.3, -0.25) is 10.1 Å². The molecule has 1 aliphatic rings. The number of rotatable bonds is 3. The molecule has 1 N–H and O–H groups in total. The third kappa shape index (κ3) is 3.36. The van der Waals surface area contributed by atoms with E-state index in [1.807, 2.05) is 13.8 Å². The highest BCUT2D eigenvalue weighted by atomic mass is 35.5. The first-order valence-electron chi connectivity index (χ1n) is 6.22. The number of benzene rings is 1. The van der Waals surface area contributed by atoms with Gasteiger partial charge in [0.15, 0.2) is 0 Å². The summed E-state index contributed by atoms with van der Waals surface area (Å²) in [6.07, 6.45) is 1.60. The second-order valence-electron chi connectivity index (χ2n) is 5.33. The summed E-state index contributed by atoms with van der Waals surface area (Å²) >= 11 is 6.07. The van der Waals surface area contributed by atoms with E-state index in [1.54, 1.807) is 12.1 Å². The molecule has 1 fully saturated rings. The van der Waals surface area contributed by atoms with E-state index in [0.717, 1.165) is 12.8 Å². The molecule has 5 nitrogen and oxygen atoms in total. The Morgan fingerprint density at radius 1 is 1.53 bits per heavy atom. The zero-order valence-electron chi connectivity index (χ0n) is 11.0. The Morgan fingerprint density at radius 2 is 2.26 bits per heavy atom. The van der Waals surface area contributed by atoms with Gasteiger partial charge >= 0.3 is 0 Å². The zero-order valence-corrected chi connectivity index (χ0v) is 11.7. The van der Waals surface area contributed by atoms with Crippen LogP contribution in [0.5, 0.6) is 0 Å². The van der Waals surface area contributed by atoms with E-state index < -0.39 is 4.92 Å². The Bertz CT molecular complexity index is 491. The first-order chi connectivity index (χ1) is 8.89. The van der Waals surface area contributed by atoms with Crippen molar-refractivity contribution in [2.75, 3.05) is 11.9 Å². The highest BCUT2D eigenvalue weighted by Crippen LogP contribution is 2.35. The van der Waals surface area contributed by atoms with Crippen LogP contribution in [-0.4, -0.2) is 23.2 Å². The molecule has 1 heterocycles. The van der Waals surface area contributed by atoms with Crippen molar-refractivity contribution in [2.45, 2.75) is 38.3 Å². The second kappa shape index (κ2) is 5.35. The summed E-state index contributed by atoms with van der Waals surface area (Å²) in [6.45, 7) is 4.67. The maximum atomic E-state index is 11.0. The van der Waals surface area contributed by atoms with E-state index in [2.05, 4.69) is 5.32 Å². The largest absolute Gasteiger partial charge is 0.375 e. The smallest absolute Gasteiger partial charge is 0.293 e. The molecule has 1 aromatic rings. The summed E-state index contributed by atoms with van der Waals surface area (Å²) in [5, 5.41) is 14.6. The van der Waals surface area contributed by atoms with Crippen molar-refractivity contribution >= 4 is 23.0 Å². The normalized spacial score (nSPS) is 21.9. The van der Waals surface area contributed by atoms with E-state index in [1.165, 1.54) is 6.07 Å². The van der Waals surface area contributed by atoms with Gasteiger partial charge in [0.05, 0.1) is 15.5 Å². The number of nitro groups is 1. The Hall–Kier alpha value is -1.33. The van der Waals surface area contributed by atoms with Crippen molar-refractivity contribution in [1.82, 2.24) is 0 Å². The molecule has 6 heteroatoms. The van der Waals surface area contributed by atoms with Gasteiger partial charge in [-0.15, -0.1) is 0 Å². The second-order valence-corrected chi connectivity index (χ2v) is 5.74. The van der Waals surface area contributed by atoms with Gasteiger partial charge in [0.2, 0.25) is 0 Å². The molecule has 0 aliphatic carbocycles. The van der Waals surface area contributed by atoms with Gasteiger partial charge in [-0.2, -0.15) is 0 Å². The van der Waals surface area contributed by atoms with Crippen molar-refractivity contribution in [2.24, 2.45) is 0 Å². The molecule has 0 bridgehead atoms. The van der Waals surface area contributed by atoms with Crippen molar-refractivity contribution in [1.29, 1.82) is 0 Å². The Morgan fingerprint density at radius 3 is 2.89 bits per heavy atom. The van der Waals surface area contributed by atoms with Crippen LogP contribution in [0.15, 0.2) is 18.2 Å². The van der Waals surface area contributed by atoms with Gasteiger partial charge in [0, 0.05) is 18.7 Å². The number of anilines is 1. The van der Waals surface area contributed by atoms with E-state index in [4.69, 9.17) is 16.3 Å². The molecular weight excluding hydrogens is 268 g/mol. The van der Waals surface area contributed by atoms with E-state index in [0.29, 0.717) is 17.3 Å². The van der Waals surface area contributed by atoms with E-state index >= 15 is 0 Å². The monoisotopic (exact) mass is 284 g/mol. The van der Waals surface area contributed by atoms with Crippen LogP contribution in [-0.2, 0) is 4.74 Å². The number of halogens is 1. The molecule has 19 heavy (non-hydrogen) atoms. The lowest BCUT2D eigenvalue weighted by Crippen LogP contribution is -2.40. The highest BCUT2D eigenvalue weighted by molar-refractivity contribution is 6.33. The third-order valence-electron chi connectivity index (χ3n) is 3.23. The molecule has 1 saturated heterocycles. The minimum absolute atomic E-state index is 0.0109. The van der Waals surface area contributed by atoms with Crippen molar-refractivity contribution in [3.8, 4) is 0 Å². The van der Waals surface area contributed by atoms with Crippen LogP contribution in [0.1, 0.15) is 26.7 Å². The van der Waals surface area contributed by atoms with Crippen LogP contribution in [0.2, 0.25) is 5.02 Å². The first-order valence-corrected chi connectivity index (χ1v) is 6.60. The molecule has 1 unspecified atom stereocenters. The van der Waals surface area contributed by atoms with Crippen LogP contribution >= 0.6 is 11.6 Å². The van der Waals surface area contributed by atoms with Crippen LogP contribution in [0.3, 0.4) is 0 Å². The fourth-order valence-electron chi connectivity index (χ4n) is 2.37. The van der Waals surface area contributed by atoms with Crippen LogP contribution in [0, 0.1) is 10.1 Å². The standard InChI is InChI=1S/C13H17ClN2O3/c1-13(2)8-9(6-7-19-13)15-12-10(14)4-3-5-11(12)16(17)18/h3-5,9,15H,6-8H2,1-2H3. The highest BCUT2D eigenvalue weighted by Gasteiger charge is 2.30. The molecule has 1 aromatic carbocycles. The number of nitrogens with one attached hydrogen (secondary N) is 1. The summed E-state index contributed by atoms with van der Waals surface area (Å²) in [6, 6.07) is 4.82. The molecule has 0 saturated carbocycles. The molecule has 0 radical (unpaired) electrons. The molecule has 1 aliphatic heterocycles. The number of nitrogens with zero attached hydrogens (tertiary/aromatic N) is 1. The van der Waals surface area contributed by atoms with Gasteiger partial charge in [0.1, 0.15) is 5.69 Å². The van der Waals surface area contributed by atoms with Gasteiger partial charge in [-0.05, 0) is 32.8 Å². The third-order valence-corrected chi connectivity index (χ3v) is 3.55. The van der Waals surface area contributed by atoms with Crippen LogP contribution in [0.4, 0.5) is 11.4 Å². The summed E-state index contributed by atoms with van der Waals surface area (Å²) < 4.78 is 5.63. The predicted molar refractivity (Wildman–Crippen MR) is 74.8 cm³/mol. The first kappa shape index (κ1) is 14.1. The fraction of sp³-hybridized carbons (Fsp3) is 0.538. The van der Waals surface area contributed by atoms with Gasteiger partial charge < -0.3 is 10.1 Å². The Kier molecular flexibility index (Phi) is 3.96. The van der Waals surface area contributed by atoms with Gasteiger partial charge in [0.25, 0.3) is 5.69 Å². The van der Waals surface area contributed by atoms with Crippen molar-refractivity contribution in [3.63, 3.8) is 0 Å². The topological polar surface area (TPSA) is 64.4 Å². The lowest BCUT2D eigenvalue weighted by molar-refractivity contribution is -0.384. The average molecular weight is 285 g/mol. The fourth-order valence-corrected chi connectivity index (χ4v) is 2.59. The average Bonchev–Trinajstić information content (AvgIpc) is 2.30. The predicted octanol–water partition coefficient (Wildman–Crippen LogP) is 3.62.